The topological polar surface area (TPSA) is 182 Å². The van der Waals surface area contributed by atoms with Crippen molar-refractivity contribution >= 4 is 72.4 Å². The van der Waals surface area contributed by atoms with Crippen LogP contribution in [0.3, 0.4) is 0 Å². The maximum atomic E-state index is 13.4. The summed E-state index contributed by atoms with van der Waals surface area (Å²) in [7, 11) is 2.90. The van der Waals surface area contributed by atoms with Crippen molar-refractivity contribution in [2.45, 2.75) is 17.7 Å². The van der Waals surface area contributed by atoms with Crippen LogP contribution in [-0.2, 0) is 9.59 Å². The summed E-state index contributed by atoms with van der Waals surface area (Å²) in [5.74, 6) is -9.17. The molecule has 0 saturated carbocycles. The van der Waals surface area contributed by atoms with E-state index < -0.39 is 75.5 Å². The number of rotatable bonds is 2. The third-order valence-electron chi connectivity index (χ3n) is 6.67. The first-order valence-corrected chi connectivity index (χ1v) is 10.2. The Morgan fingerprint density at radius 3 is 2.29 bits per heavy atom. The number of Topliss-reactive ketones (excluding diaryl/α,β-unsaturated/α-hetero) is 2. The molecule has 0 bridgehead atoms. The van der Waals surface area contributed by atoms with Crippen molar-refractivity contribution in [2.24, 2.45) is 17.6 Å². The molecule has 0 fully saturated rings. The van der Waals surface area contributed by atoms with E-state index in [9.17, 15) is 39.9 Å². The molecule has 4 rings (SSSR count). The molecule has 1 amide bonds. The average molecular weight is 519 g/mol. The van der Waals surface area contributed by atoms with E-state index in [1.807, 2.05) is 0 Å². The van der Waals surface area contributed by atoms with Gasteiger partial charge in [0.15, 0.2) is 11.4 Å². The number of nitrogens with two attached hydrogens (primary N) is 1. The molecule has 1 aromatic rings. The fraction of sp³-hybridized carbons (Fsp3) is 0.318. The van der Waals surface area contributed by atoms with Crippen molar-refractivity contribution in [3.8, 4) is 5.75 Å². The first-order valence-electron chi connectivity index (χ1n) is 9.81. The molecule has 10 nitrogen and oxygen atoms in total. The van der Waals surface area contributed by atoms with Gasteiger partial charge in [-0.3, -0.25) is 19.3 Å². The molecule has 0 radical (unpaired) electrons. The molecule has 1 aromatic carbocycles. The Labute approximate surface area is 228 Å². The van der Waals surface area contributed by atoms with Gasteiger partial charge in [-0.1, -0.05) is 18.2 Å². The summed E-state index contributed by atoms with van der Waals surface area (Å²) in [5, 5.41) is 55.1. The number of nitrogens with zero attached hydrogens (tertiary/aromatic N) is 1. The second-order valence-corrected chi connectivity index (χ2v) is 8.96. The van der Waals surface area contributed by atoms with E-state index >= 15 is 0 Å². The number of phenolic OH excluding ortho intramolecular Hbond substituents is 1. The standard InChI is InChI=1S/C22H21ClN2O8.Ca.2H/c1-6-9-7(23)4-5-8(26)11(9)16(27)12-10(6)17(28)14-15(25(2)3)18(29)13(21(24)32)20(31)22(14,33)19(12)30;;;/h4-5,10,14-15,17,26,28-30,33H,1H2,2-3H3,(H2,24,32);;;/t10-,14-,15+,17+,22+;;;/m1.../s1. The molecule has 0 saturated heterocycles. The van der Waals surface area contributed by atoms with Gasteiger partial charge in [0.05, 0.1) is 29.2 Å². The van der Waals surface area contributed by atoms with E-state index in [4.69, 9.17) is 17.3 Å². The van der Waals surface area contributed by atoms with Gasteiger partial charge in [0.2, 0.25) is 5.78 Å². The number of aromatic hydroxyl groups is 1. The van der Waals surface area contributed by atoms with Gasteiger partial charge in [0.1, 0.15) is 22.8 Å². The molecule has 178 valence electrons. The third-order valence-corrected chi connectivity index (χ3v) is 6.99. The van der Waals surface area contributed by atoms with Crippen LogP contribution in [0.5, 0.6) is 5.75 Å². The molecular formula is C22H23CaClN2O8. The summed E-state index contributed by atoms with van der Waals surface area (Å²) < 4.78 is 0. The van der Waals surface area contributed by atoms with E-state index in [-0.39, 0.29) is 59.5 Å². The number of hydrogen-bond donors (Lipinski definition) is 6. The fourth-order valence-corrected chi connectivity index (χ4v) is 5.55. The zero-order chi connectivity index (χ0) is 24.7. The molecule has 7 N–H and O–H groups in total. The number of primary amides is 1. The van der Waals surface area contributed by atoms with Gasteiger partial charge in [-0.05, 0) is 31.8 Å². The molecular weight excluding hydrogens is 496 g/mol. The van der Waals surface area contributed by atoms with Gasteiger partial charge in [-0.25, -0.2) is 0 Å². The van der Waals surface area contributed by atoms with E-state index in [0.717, 1.165) is 6.07 Å². The molecule has 0 heterocycles. The van der Waals surface area contributed by atoms with Crippen molar-refractivity contribution in [3.63, 3.8) is 0 Å². The number of likely N-dealkylation sites (N-methyl/N-ethyl adjacent to an activating group) is 1. The number of halogens is 1. The maximum absolute atomic E-state index is 13.4. The first kappa shape index (κ1) is 26.7. The number of aliphatic hydroxyl groups is 4. The Hall–Kier alpha value is -1.92. The van der Waals surface area contributed by atoms with Crippen molar-refractivity contribution in [1.29, 1.82) is 0 Å². The van der Waals surface area contributed by atoms with Gasteiger partial charge in [-0.15, -0.1) is 0 Å². The molecule has 3 aliphatic rings. The number of ketones is 2. The third kappa shape index (κ3) is 3.21. The number of phenols is 1. The SMILES string of the molecule is C=C1c2c(Cl)ccc(O)c2C(=O)C2=C(O)[C@]3(O)C(=O)C(C(N)=O)=C(O)[C@@H](N(C)C)[C@@H]3[C@@H](O)[C@H]12.[CaH2]. The molecule has 0 aliphatic heterocycles. The fourth-order valence-electron chi connectivity index (χ4n) is 5.27. The second-order valence-electron chi connectivity index (χ2n) is 8.56. The minimum atomic E-state index is -2.97. The monoisotopic (exact) mass is 518 g/mol. The average Bonchev–Trinajstić information content (AvgIpc) is 2.72. The molecule has 0 aromatic heterocycles. The second kappa shape index (κ2) is 8.63. The van der Waals surface area contributed by atoms with Gasteiger partial charge in [-0.2, -0.15) is 0 Å². The van der Waals surface area contributed by atoms with Gasteiger partial charge >= 0.3 is 37.7 Å². The number of amides is 1. The summed E-state index contributed by atoms with van der Waals surface area (Å²) >= 11 is 6.24. The minimum absolute atomic E-state index is 0. The zero-order valence-electron chi connectivity index (χ0n) is 17.5. The number of aliphatic hydroxyl groups excluding tert-OH is 3. The summed E-state index contributed by atoms with van der Waals surface area (Å²) in [6, 6.07) is 1.13. The predicted octanol–water partition coefficient (Wildman–Crippen LogP) is -0.701. The Bertz CT molecular complexity index is 1240. The summed E-state index contributed by atoms with van der Waals surface area (Å²) in [4.78, 5) is 39.8. The van der Waals surface area contributed by atoms with Crippen molar-refractivity contribution in [1.82, 2.24) is 4.90 Å². The Balaban J connectivity index is 0.00000324. The first-order chi connectivity index (χ1) is 15.3. The van der Waals surface area contributed by atoms with Crippen LogP contribution in [0, 0.1) is 11.8 Å². The van der Waals surface area contributed by atoms with E-state index in [2.05, 4.69) is 6.58 Å². The van der Waals surface area contributed by atoms with Crippen LogP contribution in [0.4, 0.5) is 0 Å². The molecule has 0 spiro atoms. The predicted molar refractivity (Wildman–Crippen MR) is 124 cm³/mol. The number of benzene rings is 1. The van der Waals surface area contributed by atoms with Crippen molar-refractivity contribution in [2.75, 3.05) is 14.1 Å². The molecule has 12 heteroatoms. The van der Waals surface area contributed by atoms with E-state index in [0.29, 0.717) is 0 Å². The van der Waals surface area contributed by atoms with Crippen LogP contribution in [0.1, 0.15) is 15.9 Å². The zero-order valence-corrected chi connectivity index (χ0v) is 18.3. The summed E-state index contributed by atoms with van der Waals surface area (Å²) in [6.45, 7) is 3.89. The normalized spacial score (nSPS) is 30.6. The molecule has 34 heavy (non-hydrogen) atoms. The van der Waals surface area contributed by atoms with Crippen molar-refractivity contribution < 1.29 is 39.9 Å². The van der Waals surface area contributed by atoms with Gasteiger partial charge in [0.25, 0.3) is 5.91 Å². The van der Waals surface area contributed by atoms with Gasteiger partial charge in [0, 0.05) is 16.5 Å². The van der Waals surface area contributed by atoms with Crippen LogP contribution in [0.25, 0.3) is 5.57 Å². The van der Waals surface area contributed by atoms with E-state index in [1.165, 1.54) is 25.1 Å². The molecule has 0 unspecified atom stereocenters. The van der Waals surface area contributed by atoms with Crippen molar-refractivity contribution in [3.05, 3.63) is 57.5 Å². The molecule has 3 aliphatic carbocycles. The quantitative estimate of drug-likeness (QED) is 0.218. The van der Waals surface area contributed by atoms with Crippen LogP contribution >= 0.6 is 11.6 Å². The number of fused-ring (bicyclic) bond motifs is 3. The van der Waals surface area contributed by atoms with E-state index in [1.54, 1.807) is 0 Å². The Morgan fingerprint density at radius 2 is 1.76 bits per heavy atom. The van der Waals surface area contributed by atoms with Crippen LogP contribution < -0.4 is 5.73 Å². The number of carbonyl (C=O) groups is 3. The van der Waals surface area contributed by atoms with Gasteiger partial charge < -0.3 is 31.3 Å². The number of carbonyl (C=O) groups excluding carboxylic acids is 3. The van der Waals surface area contributed by atoms with Crippen LogP contribution in [-0.4, -0.2) is 117 Å². The molecule has 5 atom stereocenters. The summed E-state index contributed by atoms with van der Waals surface area (Å²) in [6.07, 6.45) is -1.75. The van der Waals surface area contributed by atoms with Crippen LogP contribution in [0.15, 0.2) is 41.4 Å². The Kier molecular flexibility index (Phi) is 6.77. The Morgan fingerprint density at radius 1 is 1.18 bits per heavy atom. The van der Waals surface area contributed by atoms with Crippen LogP contribution in [0.2, 0.25) is 5.02 Å². The number of hydrogen-bond acceptors (Lipinski definition) is 9. The summed E-state index contributed by atoms with van der Waals surface area (Å²) in [5.41, 5.74) is 0.528.